The standard InChI is InChI=1S/C25H29NO6/c1-13-12-18-22(23(28)19(13)24(29)31-3)21(15-8-10-16(27)11-9-15)20(14(2)26-18)25(30)32-17-6-4-5-7-17/h8-11,13,17,19,21,26-27H,4-7,12H2,1-3H3. The summed E-state index contributed by atoms with van der Waals surface area (Å²) >= 11 is 0. The number of Topliss-reactive ketones (excluding diaryl/α,β-unsaturated/α-hetero) is 1. The summed E-state index contributed by atoms with van der Waals surface area (Å²) in [6, 6.07) is 6.45. The number of methoxy groups -OCH3 is 1. The molecule has 170 valence electrons. The van der Waals surface area contributed by atoms with E-state index in [9.17, 15) is 19.5 Å². The molecule has 3 unspecified atom stereocenters. The van der Waals surface area contributed by atoms with Crippen LogP contribution in [0.25, 0.3) is 0 Å². The van der Waals surface area contributed by atoms with Gasteiger partial charge < -0.3 is 19.9 Å². The van der Waals surface area contributed by atoms with Gasteiger partial charge in [0.25, 0.3) is 0 Å². The quantitative estimate of drug-likeness (QED) is 0.547. The van der Waals surface area contributed by atoms with E-state index in [1.807, 2.05) is 13.8 Å². The predicted molar refractivity (Wildman–Crippen MR) is 116 cm³/mol. The van der Waals surface area contributed by atoms with Crippen molar-refractivity contribution in [2.45, 2.75) is 58.0 Å². The summed E-state index contributed by atoms with van der Waals surface area (Å²) in [4.78, 5) is 39.4. The van der Waals surface area contributed by atoms with Crippen LogP contribution < -0.4 is 5.32 Å². The maximum absolute atomic E-state index is 13.6. The van der Waals surface area contributed by atoms with Gasteiger partial charge in [0.05, 0.1) is 12.7 Å². The SMILES string of the molecule is COC(=O)C1C(=O)C2=C(CC1C)NC(C)=C(C(=O)OC1CCCC1)C2c1ccc(O)cc1. The van der Waals surface area contributed by atoms with Crippen LogP contribution >= 0.6 is 0 Å². The number of ketones is 1. The summed E-state index contributed by atoms with van der Waals surface area (Å²) in [7, 11) is 1.28. The fourth-order valence-electron chi connectivity index (χ4n) is 5.17. The van der Waals surface area contributed by atoms with E-state index in [0.717, 1.165) is 31.4 Å². The summed E-state index contributed by atoms with van der Waals surface area (Å²) in [6.07, 6.45) is 4.10. The van der Waals surface area contributed by atoms with Crippen LogP contribution in [0, 0.1) is 11.8 Å². The maximum atomic E-state index is 13.6. The molecule has 3 atom stereocenters. The van der Waals surface area contributed by atoms with Crippen LogP contribution in [0.5, 0.6) is 5.75 Å². The molecule has 1 aromatic rings. The van der Waals surface area contributed by atoms with Crippen LogP contribution in [-0.4, -0.2) is 36.0 Å². The fraction of sp³-hybridized carbons (Fsp3) is 0.480. The summed E-state index contributed by atoms with van der Waals surface area (Å²) in [6.45, 7) is 3.66. The number of carbonyl (C=O) groups excluding carboxylic acids is 3. The van der Waals surface area contributed by atoms with Gasteiger partial charge in [0.15, 0.2) is 5.78 Å². The first kappa shape index (κ1) is 22.1. The molecule has 0 bridgehead atoms. The molecular formula is C25H29NO6. The number of hydrogen-bond acceptors (Lipinski definition) is 7. The van der Waals surface area contributed by atoms with Gasteiger partial charge in [0, 0.05) is 22.9 Å². The van der Waals surface area contributed by atoms with Crippen molar-refractivity contribution in [3.05, 3.63) is 52.4 Å². The maximum Gasteiger partial charge on any atom is 0.337 e. The molecule has 0 spiro atoms. The first-order chi connectivity index (χ1) is 15.3. The fourth-order valence-corrected chi connectivity index (χ4v) is 5.17. The highest BCUT2D eigenvalue weighted by Gasteiger charge is 2.47. The van der Waals surface area contributed by atoms with Crippen molar-refractivity contribution in [2.75, 3.05) is 7.11 Å². The zero-order valence-electron chi connectivity index (χ0n) is 18.6. The van der Waals surface area contributed by atoms with E-state index >= 15 is 0 Å². The molecule has 1 fully saturated rings. The number of carbonyl (C=O) groups is 3. The molecule has 0 aromatic heterocycles. The van der Waals surface area contributed by atoms with Gasteiger partial charge in [-0.3, -0.25) is 9.59 Å². The highest BCUT2D eigenvalue weighted by atomic mass is 16.5. The molecule has 1 aromatic carbocycles. The van der Waals surface area contributed by atoms with Gasteiger partial charge in [-0.1, -0.05) is 19.1 Å². The van der Waals surface area contributed by atoms with Gasteiger partial charge in [-0.2, -0.15) is 0 Å². The first-order valence-electron chi connectivity index (χ1n) is 11.1. The van der Waals surface area contributed by atoms with Gasteiger partial charge in [0.1, 0.15) is 17.8 Å². The minimum Gasteiger partial charge on any atom is -0.508 e. The van der Waals surface area contributed by atoms with Crippen molar-refractivity contribution in [1.29, 1.82) is 0 Å². The smallest absolute Gasteiger partial charge is 0.337 e. The Kier molecular flexibility index (Phi) is 6.09. The Morgan fingerprint density at radius 2 is 1.78 bits per heavy atom. The molecule has 1 saturated carbocycles. The minimum atomic E-state index is -0.925. The monoisotopic (exact) mass is 439 g/mol. The molecule has 1 heterocycles. The number of phenolic OH excluding ortho intramolecular Hbond substituents is 1. The highest BCUT2D eigenvalue weighted by molar-refractivity contribution is 6.12. The third kappa shape index (κ3) is 3.92. The zero-order chi connectivity index (χ0) is 23.0. The molecule has 2 N–H and O–H groups in total. The third-order valence-electron chi connectivity index (χ3n) is 6.77. The van der Waals surface area contributed by atoms with Crippen LogP contribution in [0.3, 0.4) is 0 Å². The second-order valence-electron chi connectivity index (χ2n) is 8.94. The van der Waals surface area contributed by atoms with Crippen molar-refractivity contribution >= 4 is 17.7 Å². The second-order valence-corrected chi connectivity index (χ2v) is 8.94. The molecular weight excluding hydrogens is 410 g/mol. The van der Waals surface area contributed by atoms with Crippen molar-refractivity contribution in [2.24, 2.45) is 11.8 Å². The topological polar surface area (TPSA) is 102 Å². The molecule has 4 rings (SSSR count). The second kappa shape index (κ2) is 8.81. The van der Waals surface area contributed by atoms with Crippen LogP contribution in [-0.2, 0) is 23.9 Å². The number of aromatic hydroxyl groups is 1. The van der Waals surface area contributed by atoms with E-state index < -0.39 is 23.8 Å². The van der Waals surface area contributed by atoms with Gasteiger partial charge in [-0.15, -0.1) is 0 Å². The number of hydrogen-bond donors (Lipinski definition) is 2. The number of benzene rings is 1. The van der Waals surface area contributed by atoms with E-state index in [4.69, 9.17) is 9.47 Å². The summed E-state index contributed by atoms with van der Waals surface area (Å²) in [5, 5.41) is 13.0. The number of phenols is 1. The van der Waals surface area contributed by atoms with Crippen LogP contribution in [0.1, 0.15) is 57.4 Å². The van der Waals surface area contributed by atoms with Crippen LogP contribution in [0.2, 0.25) is 0 Å². The Labute approximate surface area is 187 Å². The molecule has 0 radical (unpaired) electrons. The lowest BCUT2D eigenvalue weighted by Gasteiger charge is -2.38. The van der Waals surface area contributed by atoms with E-state index in [1.54, 1.807) is 12.1 Å². The van der Waals surface area contributed by atoms with E-state index in [0.29, 0.717) is 28.8 Å². The number of allylic oxidation sites excluding steroid dienone is 3. The van der Waals surface area contributed by atoms with E-state index in [-0.39, 0.29) is 23.6 Å². The number of nitrogens with one attached hydrogen (secondary N) is 1. The minimum absolute atomic E-state index is 0.0868. The van der Waals surface area contributed by atoms with Crippen LogP contribution in [0.15, 0.2) is 46.8 Å². The average Bonchev–Trinajstić information content (AvgIpc) is 3.26. The Bertz CT molecular complexity index is 1000. The Hall–Kier alpha value is -3.09. The molecule has 0 amide bonds. The molecule has 0 saturated heterocycles. The Morgan fingerprint density at radius 1 is 1.12 bits per heavy atom. The molecule has 32 heavy (non-hydrogen) atoms. The summed E-state index contributed by atoms with van der Waals surface area (Å²) in [5.74, 6) is -3.12. The first-order valence-corrected chi connectivity index (χ1v) is 11.1. The van der Waals surface area contributed by atoms with Gasteiger partial charge in [0.2, 0.25) is 0 Å². The van der Waals surface area contributed by atoms with Crippen molar-refractivity contribution in [3.8, 4) is 5.75 Å². The van der Waals surface area contributed by atoms with E-state index in [2.05, 4.69) is 5.32 Å². The molecule has 3 aliphatic rings. The molecule has 7 heteroatoms. The van der Waals surface area contributed by atoms with Crippen LogP contribution in [0.4, 0.5) is 0 Å². The largest absolute Gasteiger partial charge is 0.508 e. The zero-order valence-corrected chi connectivity index (χ0v) is 18.6. The van der Waals surface area contributed by atoms with Crippen molar-refractivity contribution < 1.29 is 29.0 Å². The number of dihydropyridines is 1. The lowest BCUT2D eigenvalue weighted by atomic mass is 9.69. The van der Waals surface area contributed by atoms with Gasteiger partial charge in [-0.25, -0.2) is 4.79 Å². The van der Waals surface area contributed by atoms with E-state index in [1.165, 1.54) is 19.2 Å². The van der Waals surface area contributed by atoms with Crippen molar-refractivity contribution in [1.82, 2.24) is 5.32 Å². The number of ether oxygens (including phenoxy) is 2. The predicted octanol–water partition coefficient (Wildman–Crippen LogP) is 3.49. The summed E-state index contributed by atoms with van der Waals surface area (Å²) in [5.41, 5.74) is 2.80. The molecule has 1 aliphatic heterocycles. The molecule has 7 nitrogen and oxygen atoms in total. The lowest BCUT2D eigenvalue weighted by molar-refractivity contribution is -0.151. The molecule has 2 aliphatic carbocycles. The van der Waals surface area contributed by atoms with Gasteiger partial charge >= 0.3 is 11.9 Å². The number of esters is 2. The third-order valence-corrected chi connectivity index (χ3v) is 6.77. The normalized spacial score (nSPS) is 26.0. The Morgan fingerprint density at radius 3 is 2.41 bits per heavy atom. The highest BCUT2D eigenvalue weighted by Crippen LogP contribution is 2.46. The Balaban J connectivity index is 1.79. The average molecular weight is 440 g/mol. The summed E-state index contributed by atoms with van der Waals surface area (Å²) < 4.78 is 10.7. The van der Waals surface area contributed by atoms with Gasteiger partial charge in [-0.05, 0) is 62.6 Å². The number of rotatable bonds is 4. The lowest BCUT2D eigenvalue weighted by Crippen LogP contribution is -2.43. The van der Waals surface area contributed by atoms with Crippen molar-refractivity contribution in [3.63, 3.8) is 0 Å².